The lowest BCUT2D eigenvalue weighted by Crippen LogP contribution is -2.17. The number of primary amides is 1. The first-order valence-electron chi connectivity index (χ1n) is 7.46. The Labute approximate surface area is 136 Å². The van der Waals surface area contributed by atoms with Crippen LogP contribution in [0.25, 0.3) is 0 Å². The maximum atomic E-state index is 13.4. The van der Waals surface area contributed by atoms with Crippen molar-refractivity contribution in [1.29, 1.82) is 0 Å². The molecule has 0 aromatic heterocycles. The lowest BCUT2D eigenvalue weighted by Gasteiger charge is -2.21. The number of amides is 1. The van der Waals surface area contributed by atoms with E-state index < -0.39 is 5.91 Å². The summed E-state index contributed by atoms with van der Waals surface area (Å²) in [6.07, 6.45) is 0. The largest absolute Gasteiger partial charge is 0.378 e. The summed E-state index contributed by atoms with van der Waals surface area (Å²) < 4.78 is 13.4. The number of nitrogens with two attached hydrogens (primary N) is 1. The minimum atomic E-state index is -0.470. The van der Waals surface area contributed by atoms with Crippen molar-refractivity contribution < 1.29 is 9.18 Å². The van der Waals surface area contributed by atoms with Crippen LogP contribution in [0.2, 0.25) is 0 Å². The second-order valence-corrected chi connectivity index (χ2v) is 5.89. The Bertz CT molecular complexity index is 700. The summed E-state index contributed by atoms with van der Waals surface area (Å²) in [5, 5.41) is 3.35. The number of hydrogen-bond acceptors (Lipinski definition) is 3. The van der Waals surface area contributed by atoms with Crippen LogP contribution in [0.15, 0.2) is 42.5 Å². The zero-order valence-corrected chi connectivity index (χ0v) is 13.6. The zero-order chi connectivity index (χ0) is 17.0. The highest BCUT2D eigenvalue weighted by Crippen LogP contribution is 2.25. The molecule has 2 rings (SSSR count). The molecule has 122 valence electrons. The van der Waals surface area contributed by atoms with Crippen LogP contribution in [-0.4, -0.2) is 24.9 Å². The van der Waals surface area contributed by atoms with Crippen LogP contribution < -0.4 is 11.1 Å². The van der Waals surface area contributed by atoms with E-state index >= 15 is 0 Å². The van der Waals surface area contributed by atoms with Crippen molar-refractivity contribution in [2.75, 3.05) is 19.4 Å². The van der Waals surface area contributed by atoms with E-state index in [2.05, 4.69) is 5.32 Å². The molecule has 5 heteroatoms. The summed E-state index contributed by atoms with van der Waals surface area (Å²) in [4.78, 5) is 13.5. The van der Waals surface area contributed by atoms with Gasteiger partial charge in [-0.05, 0) is 56.4 Å². The van der Waals surface area contributed by atoms with Crippen LogP contribution in [0.4, 0.5) is 10.1 Å². The monoisotopic (exact) mass is 315 g/mol. The van der Waals surface area contributed by atoms with E-state index in [1.165, 1.54) is 12.1 Å². The third-order valence-electron chi connectivity index (χ3n) is 3.60. The average molecular weight is 315 g/mol. The Morgan fingerprint density at radius 1 is 1.26 bits per heavy atom. The summed E-state index contributed by atoms with van der Waals surface area (Å²) in [6, 6.07) is 11.7. The van der Waals surface area contributed by atoms with Gasteiger partial charge >= 0.3 is 0 Å². The van der Waals surface area contributed by atoms with E-state index in [0.717, 1.165) is 23.4 Å². The Hall–Kier alpha value is -2.40. The fourth-order valence-electron chi connectivity index (χ4n) is 2.44. The molecule has 3 N–H and O–H groups in total. The number of nitrogens with zero attached hydrogens (tertiary/aromatic N) is 1. The maximum Gasteiger partial charge on any atom is 0.248 e. The number of carbonyl (C=O) groups is 1. The third-order valence-corrected chi connectivity index (χ3v) is 3.60. The van der Waals surface area contributed by atoms with Gasteiger partial charge in [0.05, 0.1) is 0 Å². The summed E-state index contributed by atoms with van der Waals surface area (Å²) in [7, 11) is 3.95. The third kappa shape index (κ3) is 4.53. The molecule has 23 heavy (non-hydrogen) atoms. The van der Waals surface area contributed by atoms with E-state index in [-0.39, 0.29) is 11.9 Å². The number of nitrogens with one attached hydrogen (secondary N) is 1. The molecule has 4 nitrogen and oxygen atoms in total. The molecule has 0 bridgehead atoms. The highest BCUT2D eigenvalue weighted by atomic mass is 19.1. The lowest BCUT2D eigenvalue weighted by atomic mass is 10.0. The Kier molecular flexibility index (Phi) is 5.34. The molecule has 1 amide bonds. The standard InChI is InChI=1S/C18H22FN3O/c1-12(13-5-4-6-16(19)9-13)21-17-10-14(18(20)23)7-8-15(17)11-22(2)3/h4-10,12,21H,11H2,1-3H3,(H2,20,23)/t12-/m1/s1. The van der Waals surface area contributed by atoms with Crippen molar-refractivity contribution in [2.45, 2.75) is 19.5 Å². The number of hydrogen-bond donors (Lipinski definition) is 2. The first-order chi connectivity index (χ1) is 10.9. The summed E-state index contributed by atoms with van der Waals surface area (Å²) >= 11 is 0. The molecule has 0 saturated carbocycles. The van der Waals surface area contributed by atoms with Gasteiger partial charge in [0, 0.05) is 23.8 Å². The Morgan fingerprint density at radius 3 is 2.61 bits per heavy atom. The van der Waals surface area contributed by atoms with Gasteiger partial charge < -0.3 is 16.0 Å². The zero-order valence-electron chi connectivity index (χ0n) is 13.6. The number of anilines is 1. The molecular weight excluding hydrogens is 293 g/mol. The van der Waals surface area contributed by atoms with Crippen LogP contribution in [-0.2, 0) is 6.54 Å². The van der Waals surface area contributed by atoms with Crippen molar-refractivity contribution in [1.82, 2.24) is 4.90 Å². The number of carbonyl (C=O) groups excluding carboxylic acids is 1. The first-order valence-corrected chi connectivity index (χ1v) is 7.46. The highest BCUT2D eigenvalue weighted by molar-refractivity contribution is 5.94. The normalized spacial score (nSPS) is 12.2. The molecule has 0 aliphatic rings. The molecule has 2 aromatic rings. The van der Waals surface area contributed by atoms with E-state index in [1.807, 2.05) is 38.1 Å². The van der Waals surface area contributed by atoms with E-state index in [1.54, 1.807) is 18.2 Å². The molecule has 0 unspecified atom stereocenters. The van der Waals surface area contributed by atoms with Gasteiger partial charge in [-0.15, -0.1) is 0 Å². The minimum Gasteiger partial charge on any atom is -0.378 e. The molecule has 0 radical (unpaired) electrons. The van der Waals surface area contributed by atoms with Crippen LogP contribution in [0.3, 0.4) is 0 Å². The van der Waals surface area contributed by atoms with Crippen molar-refractivity contribution >= 4 is 11.6 Å². The average Bonchev–Trinajstić information content (AvgIpc) is 2.48. The first kappa shape index (κ1) is 17.0. The van der Waals surface area contributed by atoms with Crippen molar-refractivity contribution in [3.63, 3.8) is 0 Å². The molecule has 0 heterocycles. The SMILES string of the molecule is C[C@@H](Nc1cc(C(N)=O)ccc1CN(C)C)c1cccc(F)c1. The van der Waals surface area contributed by atoms with E-state index in [0.29, 0.717) is 5.56 Å². The second kappa shape index (κ2) is 7.24. The van der Waals surface area contributed by atoms with Gasteiger partial charge in [0.25, 0.3) is 0 Å². The van der Waals surface area contributed by atoms with Gasteiger partial charge in [-0.1, -0.05) is 18.2 Å². The van der Waals surface area contributed by atoms with Crippen LogP contribution >= 0.6 is 0 Å². The molecule has 0 aliphatic carbocycles. The summed E-state index contributed by atoms with van der Waals surface area (Å²) in [6.45, 7) is 2.67. The lowest BCUT2D eigenvalue weighted by molar-refractivity contribution is 0.100. The molecule has 2 aromatic carbocycles. The van der Waals surface area contributed by atoms with Crippen molar-refractivity contribution in [3.8, 4) is 0 Å². The predicted molar refractivity (Wildman–Crippen MR) is 90.8 cm³/mol. The molecule has 0 aliphatic heterocycles. The summed E-state index contributed by atoms with van der Waals surface area (Å²) in [5.41, 5.74) is 8.52. The Morgan fingerprint density at radius 2 is 2.00 bits per heavy atom. The second-order valence-electron chi connectivity index (χ2n) is 5.89. The van der Waals surface area contributed by atoms with Crippen molar-refractivity contribution in [2.24, 2.45) is 5.73 Å². The van der Waals surface area contributed by atoms with Crippen LogP contribution in [0, 0.1) is 5.82 Å². The summed E-state index contributed by atoms with van der Waals surface area (Å²) in [5.74, 6) is -0.738. The number of benzene rings is 2. The smallest absolute Gasteiger partial charge is 0.248 e. The number of rotatable bonds is 6. The topological polar surface area (TPSA) is 58.4 Å². The molecular formula is C18H22FN3O. The molecule has 0 fully saturated rings. The Balaban J connectivity index is 2.31. The predicted octanol–water partition coefficient (Wildman–Crippen LogP) is 3.16. The van der Waals surface area contributed by atoms with Crippen molar-refractivity contribution in [3.05, 3.63) is 65.0 Å². The minimum absolute atomic E-state index is 0.102. The van der Waals surface area contributed by atoms with Gasteiger partial charge in [-0.2, -0.15) is 0 Å². The maximum absolute atomic E-state index is 13.4. The van der Waals surface area contributed by atoms with Gasteiger partial charge in [-0.25, -0.2) is 4.39 Å². The van der Waals surface area contributed by atoms with E-state index in [4.69, 9.17) is 5.73 Å². The molecule has 0 saturated heterocycles. The molecule has 0 spiro atoms. The van der Waals surface area contributed by atoms with Gasteiger partial charge in [0.15, 0.2) is 0 Å². The van der Waals surface area contributed by atoms with Crippen LogP contribution in [0.1, 0.15) is 34.5 Å². The van der Waals surface area contributed by atoms with Gasteiger partial charge in [-0.3, -0.25) is 4.79 Å². The van der Waals surface area contributed by atoms with Gasteiger partial charge in [0.2, 0.25) is 5.91 Å². The fraction of sp³-hybridized carbons (Fsp3) is 0.278. The molecule has 1 atom stereocenters. The number of halogens is 1. The quantitative estimate of drug-likeness (QED) is 0.861. The fourth-order valence-corrected chi connectivity index (χ4v) is 2.44. The highest BCUT2D eigenvalue weighted by Gasteiger charge is 2.12. The van der Waals surface area contributed by atoms with Gasteiger partial charge in [0.1, 0.15) is 5.82 Å². The van der Waals surface area contributed by atoms with Crippen LogP contribution in [0.5, 0.6) is 0 Å². The van der Waals surface area contributed by atoms with E-state index in [9.17, 15) is 9.18 Å².